The lowest BCUT2D eigenvalue weighted by atomic mass is 9.76. The highest BCUT2D eigenvalue weighted by Crippen LogP contribution is 2.40. The molecule has 0 unspecified atom stereocenters. The average Bonchev–Trinajstić information content (AvgIpc) is 2.87. The molecule has 0 heterocycles. The van der Waals surface area contributed by atoms with Gasteiger partial charge in [0.1, 0.15) is 0 Å². The molecule has 1 saturated carbocycles. The Morgan fingerprint density at radius 1 is 0.886 bits per heavy atom. The number of hydrogen-bond acceptors (Lipinski definition) is 1. The predicted octanol–water partition coefficient (Wildman–Crippen LogP) is 9.11. The predicted molar refractivity (Wildman–Crippen MR) is 137 cm³/mol. The molecule has 0 atom stereocenters. The summed E-state index contributed by atoms with van der Waals surface area (Å²) in [6, 6.07) is 16.1. The van der Waals surface area contributed by atoms with Gasteiger partial charge in [-0.05, 0) is 98.6 Å². The third kappa shape index (κ3) is 5.98. The minimum absolute atomic E-state index is 0.0368. The molecule has 35 heavy (non-hydrogen) atoms. The Kier molecular flexibility index (Phi) is 8.33. The van der Waals surface area contributed by atoms with Gasteiger partial charge in [-0.3, -0.25) is 0 Å². The number of hydrogen-bond donors (Lipinski definition) is 0. The summed E-state index contributed by atoms with van der Waals surface area (Å²) in [7, 11) is 0. The lowest BCUT2D eigenvalue weighted by molar-refractivity contribution is 0.304. The minimum Gasteiger partial charge on any atom is -0.491 e. The second-order valence-electron chi connectivity index (χ2n) is 9.41. The van der Waals surface area contributed by atoms with Crippen LogP contribution in [-0.4, -0.2) is 6.61 Å². The molecule has 4 heteroatoms. The molecular weight excluding hydrogens is 445 g/mol. The standard InChI is InChI=1S/C31H33F3O/c1-3-5-21-8-13-24(14-9-21)26-17-18-27(31(34)30(26)33)25-15-10-22(11-16-25)6-7-23-12-19-29(35-4-2)28(32)20-23/h3,5,8-9,12-14,17-20,22,25H,4,6-7,10-11,15-16H2,1-2H3. The highest BCUT2D eigenvalue weighted by molar-refractivity contribution is 5.67. The van der Waals surface area contributed by atoms with E-state index in [2.05, 4.69) is 0 Å². The first-order valence-corrected chi connectivity index (χ1v) is 12.6. The first kappa shape index (κ1) is 25.1. The van der Waals surface area contributed by atoms with Crippen molar-refractivity contribution in [2.45, 2.75) is 58.3 Å². The van der Waals surface area contributed by atoms with Crippen LogP contribution in [0.25, 0.3) is 17.2 Å². The summed E-state index contributed by atoms with van der Waals surface area (Å²) in [5.41, 5.74) is 3.46. The summed E-state index contributed by atoms with van der Waals surface area (Å²) in [5.74, 6) is -0.946. The smallest absolute Gasteiger partial charge is 0.166 e. The van der Waals surface area contributed by atoms with Crippen LogP contribution in [0.4, 0.5) is 13.2 Å². The van der Waals surface area contributed by atoms with Crippen LogP contribution >= 0.6 is 0 Å². The van der Waals surface area contributed by atoms with Gasteiger partial charge in [-0.15, -0.1) is 0 Å². The SMILES string of the molecule is CC=Cc1ccc(-c2ccc(C3CCC(CCc4ccc(OCC)c(F)c4)CC3)c(F)c2F)cc1. The fourth-order valence-corrected chi connectivity index (χ4v) is 5.17. The van der Waals surface area contributed by atoms with E-state index < -0.39 is 11.6 Å². The summed E-state index contributed by atoms with van der Waals surface area (Å²) in [6.07, 6.45) is 9.32. The lowest BCUT2D eigenvalue weighted by Gasteiger charge is -2.29. The summed E-state index contributed by atoms with van der Waals surface area (Å²) in [5, 5.41) is 0. The van der Waals surface area contributed by atoms with Crippen molar-refractivity contribution in [3.8, 4) is 16.9 Å². The van der Waals surface area contributed by atoms with Gasteiger partial charge in [0.15, 0.2) is 23.2 Å². The normalized spacial score (nSPS) is 18.2. The van der Waals surface area contributed by atoms with E-state index >= 15 is 8.78 Å². The van der Waals surface area contributed by atoms with Gasteiger partial charge >= 0.3 is 0 Å². The molecule has 0 aliphatic heterocycles. The number of ether oxygens (including phenoxy) is 1. The molecule has 0 radical (unpaired) electrons. The molecule has 0 spiro atoms. The topological polar surface area (TPSA) is 9.23 Å². The maximum absolute atomic E-state index is 15.1. The Labute approximate surface area is 206 Å². The van der Waals surface area contributed by atoms with Gasteiger partial charge in [0.05, 0.1) is 6.61 Å². The molecule has 1 aliphatic carbocycles. The van der Waals surface area contributed by atoms with Crippen molar-refractivity contribution in [1.82, 2.24) is 0 Å². The molecule has 1 aliphatic rings. The summed E-state index contributed by atoms with van der Waals surface area (Å²) in [6.45, 7) is 4.22. The molecule has 0 amide bonds. The molecule has 1 fully saturated rings. The largest absolute Gasteiger partial charge is 0.491 e. The Morgan fingerprint density at radius 3 is 2.29 bits per heavy atom. The second-order valence-corrected chi connectivity index (χ2v) is 9.41. The van der Waals surface area contributed by atoms with Gasteiger partial charge in [0.2, 0.25) is 0 Å². The Hall–Kier alpha value is -3.01. The highest BCUT2D eigenvalue weighted by Gasteiger charge is 2.26. The van der Waals surface area contributed by atoms with Gasteiger partial charge in [0.25, 0.3) is 0 Å². The maximum atomic E-state index is 15.1. The van der Waals surface area contributed by atoms with Crippen LogP contribution in [0.3, 0.4) is 0 Å². The minimum atomic E-state index is -0.763. The van der Waals surface area contributed by atoms with Crippen molar-refractivity contribution >= 4 is 6.08 Å². The Morgan fingerprint density at radius 2 is 1.63 bits per heavy atom. The van der Waals surface area contributed by atoms with Gasteiger partial charge in [0, 0.05) is 5.56 Å². The van der Waals surface area contributed by atoms with Crippen LogP contribution in [0.5, 0.6) is 5.75 Å². The highest BCUT2D eigenvalue weighted by atomic mass is 19.2. The van der Waals surface area contributed by atoms with E-state index in [0.29, 0.717) is 35.0 Å². The summed E-state index contributed by atoms with van der Waals surface area (Å²) in [4.78, 5) is 0. The molecule has 184 valence electrons. The number of rotatable bonds is 8. The van der Waals surface area contributed by atoms with E-state index in [1.54, 1.807) is 24.3 Å². The van der Waals surface area contributed by atoms with E-state index in [-0.39, 0.29) is 11.7 Å². The Bertz CT molecular complexity index is 1160. The molecule has 3 aromatic carbocycles. The van der Waals surface area contributed by atoms with Crippen molar-refractivity contribution < 1.29 is 17.9 Å². The zero-order valence-corrected chi connectivity index (χ0v) is 20.5. The molecule has 0 aromatic heterocycles. The molecule has 1 nitrogen and oxygen atoms in total. The van der Waals surface area contributed by atoms with Crippen LogP contribution in [0.2, 0.25) is 0 Å². The first-order chi connectivity index (χ1) is 17.0. The quantitative estimate of drug-likeness (QED) is 0.314. The fourth-order valence-electron chi connectivity index (χ4n) is 5.17. The number of benzene rings is 3. The monoisotopic (exact) mass is 478 g/mol. The first-order valence-electron chi connectivity index (χ1n) is 12.6. The zero-order valence-electron chi connectivity index (χ0n) is 20.5. The van der Waals surface area contributed by atoms with Crippen LogP contribution in [0.15, 0.2) is 60.7 Å². The molecular formula is C31H33F3O. The van der Waals surface area contributed by atoms with Gasteiger partial charge in [-0.1, -0.05) is 54.6 Å². The number of aryl methyl sites for hydroxylation is 1. The van der Waals surface area contributed by atoms with Crippen LogP contribution in [-0.2, 0) is 6.42 Å². The van der Waals surface area contributed by atoms with Crippen molar-refractivity contribution in [1.29, 1.82) is 0 Å². The van der Waals surface area contributed by atoms with E-state index in [1.165, 1.54) is 0 Å². The van der Waals surface area contributed by atoms with Gasteiger partial charge in [-0.25, -0.2) is 13.2 Å². The van der Waals surface area contributed by atoms with Crippen molar-refractivity contribution in [3.05, 3.63) is 94.8 Å². The zero-order chi connectivity index (χ0) is 24.8. The molecule has 0 N–H and O–H groups in total. The molecule has 0 bridgehead atoms. The van der Waals surface area contributed by atoms with Crippen LogP contribution < -0.4 is 4.74 Å². The van der Waals surface area contributed by atoms with Gasteiger partial charge in [-0.2, -0.15) is 0 Å². The lowest BCUT2D eigenvalue weighted by Crippen LogP contribution is -2.15. The van der Waals surface area contributed by atoms with Crippen molar-refractivity contribution in [2.24, 2.45) is 5.92 Å². The summed E-state index contributed by atoms with van der Waals surface area (Å²) >= 11 is 0. The molecule has 3 aromatic rings. The van der Waals surface area contributed by atoms with E-state index in [0.717, 1.165) is 49.7 Å². The average molecular weight is 479 g/mol. The van der Waals surface area contributed by atoms with E-state index in [4.69, 9.17) is 4.74 Å². The Balaban J connectivity index is 1.36. The molecule has 4 rings (SSSR count). The van der Waals surface area contributed by atoms with E-state index in [9.17, 15) is 4.39 Å². The third-order valence-electron chi connectivity index (χ3n) is 7.12. The number of halogens is 3. The number of allylic oxidation sites excluding steroid dienone is 1. The summed E-state index contributed by atoms with van der Waals surface area (Å²) < 4.78 is 49.5. The van der Waals surface area contributed by atoms with E-state index in [1.807, 2.05) is 56.3 Å². The third-order valence-corrected chi connectivity index (χ3v) is 7.12. The second kappa shape index (κ2) is 11.6. The van der Waals surface area contributed by atoms with Crippen LogP contribution in [0.1, 0.15) is 68.6 Å². The van der Waals surface area contributed by atoms with Gasteiger partial charge < -0.3 is 4.74 Å². The maximum Gasteiger partial charge on any atom is 0.166 e. The fraction of sp³-hybridized carbons (Fsp3) is 0.355. The molecule has 0 saturated heterocycles. The van der Waals surface area contributed by atoms with Crippen molar-refractivity contribution in [2.75, 3.05) is 6.61 Å². The van der Waals surface area contributed by atoms with Crippen LogP contribution in [0, 0.1) is 23.4 Å². The van der Waals surface area contributed by atoms with Crippen molar-refractivity contribution in [3.63, 3.8) is 0 Å².